The van der Waals surface area contributed by atoms with Gasteiger partial charge in [0.2, 0.25) is 0 Å². The molecule has 0 aromatic rings. The van der Waals surface area contributed by atoms with Crippen molar-refractivity contribution in [1.29, 1.82) is 0 Å². The van der Waals surface area contributed by atoms with Crippen molar-refractivity contribution < 1.29 is 4.79 Å². The van der Waals surface area contributed by atoms with E-state index in [0.717, 1.165) is 18.4 Å². The Bertz CT molecular complexity index is 349. The molecule has 3 nitrogen and oxygen atoms in total. The number of nitrogens with two attached hydrogens (primary N) is 1. The minimum Gasteiger partial charge on any atom is -0.349 e. The molecule has 3 N–H and O–H groups in total. The average Bonchev–Trinajstić information content (AvgIpc) is 2.39. The molecule has 1 aliphatic rings. The van der Waals surface area contributed by atoms with Crippen LogP contribution in [0.3, 0.4) is 0 Å². The molecule has 0 bridgehead atoms. The summed E-state index contributed by atoms with van der Waals surface area (Å²) >= 11 is 0. The van der Waals surface area contributed by atoms with Crippen LogP contribution in [0.4, 0.5) is 0 Å². The second-order valence-electron chi connectivity index (χ2n) is 5.37. The Morgan fingerprint density at radius 1 is 1.43 bits per heavy atom. The van der Waals surface area contributed by atoms with E-state index in [1.807, 2.05) is 45.9 Å². The van der Waals surface area contributed by atoms with Crippen LogP contribution in [0, 0.1) is 0 Å². The summed E-state index contributed by atoms with van der Waals surface area (Å²) in [6.45, 7) is 12.7. The van der Waals surface area contributed by atoms with Gasteiger partial charge < -0.3 is 11.1 Å². The maximum absolute atomic E-state index is 11.6. The van der Waals surface area contributed by atoms with E-state index in [0.29, 0.717) is 12.6 Å². The third-order valence-electron chi connectivity index (χ3n) is 2.29. The van der Waals surface area contributed by atoms with Gasteiger partial charge in [0.1, 0.15) is 0 Å². The Balaban J connectivity index is 0. The molecule has 0 saturated heterocycles. The van der Waals surface area contributed by atoms with Crippen molar-refractivity contribution in [3.63, 3.8) is 0 Å². The molecule has 0 aliphatic heterocycles. The quantitative estimate of drug-likeness (QED) is 0.769. The highest BCUT2D eigenvalue weighted by Crippen LogP contribution is 2.17. The highest BCUT2D eigenvalue weighted by atomic mass is 16.1. The number of allylic oxidation sites excluding steroid dienone is 3. The number of nitrogens with one attached hydrogen (secondary N) is 1. The Morgan fingerprint density at radius 3 is 2.38 bits per heavy atom. The first-order chi connectivity index (χ1) is 9.90. The fourth-order valence-electron chi connectivity index (χ4n) is 1.41. The highest BCUT2D eigenvalue weighted by molar-refractivity contribution is 5.97. The zero-order valence-electron chi connectivity index (χ0n) is 14.7. The minimum absolute atomic E-state index is 0.0385. The average molecular weight is 294 g/mol. The summed E-state index contributed by atoms with van der Waals surface area (Å²) in [5.41, 5.74) is 7.13. The van der Waals surface area contributed by atoms with Gasteiger partial charge in [0.05, 0.1) is 0 Å². The van der Waals surface area contributed by atoms with Gasteiger partial charge in [0.25, 0.3) is 5.91 Å². The summed E-state index contributed by atoms with van der Waals surface area (Å²) in [5, 5.41) is 2.85. The molecule has 21 heavy (non-hydrogen) atoms. The van der Waals surface area contributed by atoms with Crippen molar-refractivity contribution in [2.24, 2.45) is 5.73 Å². The lowest BCUT2D eigenvalue weighted by molar-refractivity contribution is -0.117. The van der Waals surface area contributed by atoms with E-state index in [-0.39, 0.29) is 5.91 Å². The third kappa shape index (κ3) is 14.9. The van der Waals surface area contributed by atoms with E-state index >= 15 is 0 Å². The fraction of sp³-hybridized carbons (Fsp3) is 0.611. The van der Waals surface area contributed by atoms with Crippen molar-refractivity contribution in [2.75, 3.05) is 6.54 Å². The first kappa shape index (κ1) is 21.9. The molecule has 0 aromatic heterocycles. The van der Waals surface area contributed by atoms with Crippen LogP contribution in [0.1, 0.15) is 60.8 Å². The molecule has 0 unspecified atom stereocenters. The zero-order valence-corrected chi connectivity index (χ0v) is 14.7. The molecular weight excluding hydrogens is 260 g/mol. The summed E-state index contributed by atoms with van der Waals surface area (Å²) in [7, 11) is 0. The van der Waals surface area contributed by atoms with Gasteiger partial charge in [-0.3, -0.25) is 4.79 Å². The Kier molecular flexibility index (Phi) is 15.7. The molecule has 0 aromatic carbocycles. The van der Waals surface area contributed by atoms with Gasteiger partial charge in [-0.05, 0) is 32.7 Å². The van der Waals surface area contributed by atoms with Crippen molar-refractivity contribution >= 4 is 5.91 Å². The van der Waals surface area contributed by atoms with E-state index in [1.165, 1.54) is 12.0 Å². The van der Waals surface area contributed by atoms with Crippen molar-refractivity contribution in [2.45, 2.75) is 66.8 Å². The molecule has 0 spiro atoms. The number of carbonyl (C=O) groups excluding carboxylic acids is 1. The van der Waals surface area contributed by atoms with E-state index < -0.39 is 0 Å². The minimum atomic E-state index is 0.0385. The molecule has 0 radical (unpaired) electrons. The lowest BCUT2D eigenvalue weighted by atomic mass is 9.98. The molecule has 0 saturated carbocycles. The van der Waals surface area contributed by atoms with Gasteiger partial charge in [-0.15, -0.1) is 0 Å². The second-order valence-corrected chi connectivity index (χ2v) is 5.37. The lowest BCUT2D eigenvalue weighted by Crippen LogP contribution is -2.25. The monoisotopic (exact) mass is 294 g/mol. The predicted octanol–water partition coefficient (Wildman–Crippen LogP) is 4.12. The maximum Gasteiger partial charge on any atom is 0.251 e. The number of amides is 1. The summed E-state index contributed by atoms with van der Waals surface area (Å²) < 4.78 is 0. The summed E-state index contributed by atoms with van der Waals surface area (Å²) in [5.74, 6) is 0.0385. The smallest absolute Gasteiger partial charge is 0.251 e. The SMILES string of the molecule is C/C=C/CNC(=O)C1=C(C)CCC=C1.CC(C)N.CCC. The van der Waals surface area contributed by atoms with Gasteiger partial charge in [-0.25, -0.2) is 0 Å². The van der Waals surface area contributed by atoms with Gasteiger partial charge in [0.15, 0.2) is 0 Å². The summed E-state index contributed by atoms with van der Waals surface area (Å²) in [4.78, 5) is 11.6. The number of rotatable bonds is 3. The van der Waals surface area contributed by atoms with Crippen LogP contribution in [0.25, 0.3) is 0 Å². The molecule has 1 amide bonds. The first-order valence-corrected chi connectivity index (χ1v) is 7.91. The van der Waals surface area contributed by atoms with Gasteiger partial charge in [-0.1, -0.05) is 64.0 Å². The number of carbonyl (C=O) groups is 1. The first-order valence-electron chi connectivity index (χ1n) is 7.91. The highest BCUT2D eigenvalue weighted by Gasteiger charge is 2.10. The van der Waals surface area contributed by atoms with Crippen LogP contribution in [-0.4, -0.2) is 18.5 Å². The summed E-state index contributed by atoms with van der Waals surface area (Å²) in [6, 6.07) is 0.333. The fourth-order valence-corrected chi connectivity index (χ4v) is 1.41. The lowest BCUT2D eigenvalue weighted by Gasteiger charge is -2.11. The number of hydrogen-bond acceptors (Lipinski definition) is 2. The standard InChI is InChI=1S/C12H17NO.C3H9N.C3H8/c1-3-4-9-13-12(14)11-8-6-5-7-10(11)2;1-3(2)4;1-3-2/h3-4,6,8H,5,7,9H2,1-2H3,(H,13,14);3H,4H2,1-2H3;3H2,1-2H3/b4-3+;;. The normalized spacial score (nSPS) is 13.5. The van der Waals surface area contributed by atoms with E-state index in [2.05, 4.69) is 25.2 Å². The van der Waals surface area contributed by atoms with Gasteiger partial charge >= 0.3 is 0 Å². The van der Waals surface area contributed by atoms with Crippen molar-refractivity contribution in [3.8, 4) is 0 Å². The van der Waals surface area contributed by atoms with Crippen LogP contribution < -0.4 is 11.1 Å². The van der Waals surface area contributed by atoms with Crippen LogP contribution in [0.2, 0.25) is 0 Å². The molecule has 0 heterocycles. The largest absolute Gasteiger partial charge is 0.349 e. The van der Waals surface area contributed by atoms with Crippen LogP contribution in [-0.2, 0) is 4.79 Å². The molecule has 0 atom stereocenters. The summed E-state index contributed by atoms with van der Waals surface area (Å²) in [6.07, 6.45) is 11.1. The van der Waals surface area contributed by atoms with E-state index in [9.17, 15) is 4.79 Å². The zero-order chi connectivity index (χ0) is 16.7. The predicted molar refractivity (Wildman–Crippen MR) is 94.2 cm³/mol. The maximum atomic E-state index is 11.6. The van der Waals surface area contributed by atoms with E-state index in [4.69, 9.17) is 5.73 Å². The van der Waals surface area contributed by atoms with Gasteiger partial charge in [-0.2, -0.15) is 0 Å². The van der Waals surface area contributed by atoms with Crippen LogP contribution in [0.5, 0.6) is 0 Å². The van der Waals surface area contributed by atoms with Crippen molar-refractivity contribution in [1.82, 2.24) is 5.32 Å². The molecule has 122 valence electrons. The molecule has 1 aliphatic carbocycles. The third-order valence-corrected chi connectivity index (χ3v) is 2.29. The Hall–Kier alpha value is -1.35. The topological polar surface area (TPSA) is 55.1 Å². The second kappa shape index (κ2) is 15.0. The number of hydrogen-bond donors (Lipinski definition) is 2. The molecule has 1 rings (SSSR count). The van der Waals surface area contributed by atoms with Crippen LogP contribution in [0.15, 0.2) is 35.5 Å². The van der Waals surface area contributed by atoms with E-state index in [1.54, 1.807) is 0 Å². The molecular formula is C18H34N2O. The Labute approximate surface area is 131 Å². The molecule has 0 fully saturated rings. The van der Waals surface area contributed by atoms with Crippen LogP contribution >= 0.6 is 0 Å². The molecule has 3 heteroatoms. The van der Waals surface area contributed by atoms with Crippen molar-refractivity contribution in [3.05, 3.63) is 35.5 Å². The Morgan fingerprint density at radius 2 is 1.95 bits per heavy atom. The van der Waals surface area contributed by atoms with Gasteiger partial charge in [0, 0.05) is 12.1 Å².